The Morgan fingerprint density at radius 3 is 2.81 bits per heavy atom. The second-order valence-corrected chi connectivity index (χ2v) is 5.61. The maximum absolute atomic E-state index is 11.3. The van der Waals surface area contributed by atoms with Gasteiger partial charge in [-0.15, -0.1) is 0 Å². The van der Waals surface area contributed by atoms with Crippen molar-refractivity contribution in [2.24, 2.45) is 0 Å². The molecule has 2 atom stereocenters. The third-order valence-corrected chi connectivity index (χ3v) is 4.21. The average Bonchev–Trinajstić information content (AvgIpc) is 3.01. The van der Waals surface area contributed by atoms with Gasteiger partial charge >= 0.3 is 0 Å². The molecule has 2 fully saturated rings. The molecule has 2 aliphatic heterocycles. The number of benzene rings is 1. The van der Waals surface area contributed by atoms with Crippen LogP contribution in [0.15, 0.2) is 18.2 Å². The van der Waals surface area contributed by atoms with E-state index in [0.717, 1.165) is 19.4 Å². The summed E-state index contributed by atoms with van der Waals surface area (Å²) in [5.41, 5.74) is 1.58. The number of morpholine rings is 1. The topological polar surface area (TPSA) is 64.8 Å². The lowest BCUT2D eigenvalue weighted by atomic mass is 10.1. The number of rotatable bonds is 3. The number of ether oxygens (including phenoxy) is 2. The minimum absolute atomic E-state index is 0.00127. The fraction of sp³-hybridized carbons (Fsp3) is 0.600. The van der Waals surface area contributed by atoms with E-state index in [1.165, 1.54) is 0 Å². The molecular formula is C15H20N2O4. The monoisotopic (exact) mass is 292 g/mol. The van der Waals surface area contributed by atoms with Gasteiger partial charge < -0.3 is 14.4 Å². The molecule has 6 nitrogen and oxygen atoms in total. The Bertz CT molecular complexity index is 528. The molecule has 21 heavy (non-hydrogen) atoms. The van der Waals surface area contributed by atoms with Gasteiger partial charge in [0.25, 0.3) is 5.69 Å². The van der Waals surface area contributed by atoms with Crippen LogP contribution in [0.5, 0.6) is 0 Å². The summed E-state index contributed by atoms with van der Waals surface area (Å²) < 4.78 is 11.5. The van der Waals surface area contributed by atoms with Crippen LogP contribution in [-0.4, -0.2) is 43.4 Å². The van der Waals surface area contributed by atoms with Crippen LogP contribution in [0.4, 0.5) is 11.4 Å². The number of nitro benzene ring substituents is 1. The standard InChI is InChI=1S/C15H20N2O4/c1-11-4-2-5-12(15(11)17(18)19)16-7-9-21-14(10-16)13-6-3-8-20-13/h2,4-5,13-14H,3,6-10H2,1H3/t13-,14-/m1/s1. The molecular weight excluding hydrogens is 272 g/mol. The van der Waals surface area contributed by atoms with E-state index in [1.54, 1.807) is 13.0 Å². The zero-order chi connectivity index (χ0) is 14.8. The predicted octanol–water partition coefficient (Wildman–Crippen LogP) is 2.29. The summed E-state index contributed by atoms with van der Waals surface area (Å²) in [7, 11) is 0. The summed E-state index contributed by atoms with van der Waals surface area (Å²) in [6, 6.07) is 5.47. The Hall–Kier alpha value is -1.66. The smallest absolute Gasteiger partial charge is 0.295 e. The average molecular weight is 292 g/mol. The molecule has 0 bridgehead atoms. The van der Waals surface area contributed by atoms with E-state index in [2.05, 4.69) is 4.90 Å². The molecule has 0 spiro atoms. The van der Waals surface area contributed by atoms with Crippen LogP contribution in [-0.2, 0) is 9.47 Å². The van der Waals surface area contributed by atoms with Gasteiger partial charge in [-0.2, -0.15) is 0 Å². The highest BCUT2D eigenvalue weighted by molar-refractivity contribution is 5.66. The summed E-state index contributed by atoms with van der Waals surface area (Å²) in [5, 5.41) is 11.3. The van der Waals surface area contributed by atoms with Crippen molar-refractivity contribution in [3.63, 3.8) is 0 Å². The first-order valence-corrected chi connectivity index (χ1v) is 7.39. The molecule has 0 saturated carbocycles. The van der Waals surface area contributed by atoms with Crippen molar-refractivity contribution in [2.45, 2.75) is 32.0 Å². The molecule has 3 rings (SSSR count). The highest BCUT2D eigenvalue weighted by Crippen LogP contribution is 2.33. The van der Waals surface area contributed by atoms with E-state index in [-0.39, 0.29) is 22.8 Å². The van der Waals surface area contributed by atoms with Crippen LogP contribution in [0.1, 0.15) is 18.4 Å². The van der Waals surface area contributed by atoms with Crippen LogP contribution in [0.2, 0.25) is 0 Å². The Balaban J connectivity index is 1.83. The van der Waals surface area contributed by atoms with E-state index >= 15 is 0 Å². The van der Waals surface area contributed by atoms with Gasteiger partial charge in [-0.05, 0) is 25.8 Å². The van der Waals surface area contributed by atoms with Crippen molar-refractivity contribution >= 4 is 11.4 Å². The first kappa shape index (κ1) is 14.3. The van der Waals surface area contributed by atoms with Crippen molar-refractivity contribution in [1.82, 2.24) is 0 Å². The van der Waals surface area contributed by atoms with Crippen LogP contribution in [0.3, 0.4) is 0 Å². The van der Waals surface area contributed by atoms with Crippen LogP contribution in [0.25, 0.3) is 0 Å². The quantitative estimate of drug-likeness (QED) is 0.631. The van der Waals surface area contributed by atoms with E-state index in [0.29, 0.717) is 30.9 Å². The second-order valence-electron chi connectivity index (χ2n) is 5.61. The number of anilines is 1. The van der Waals surface area contributed by atoms with Gasteiger partial charge in [-0.3, -0.25) is 10.1 Å². The first-order chi connectivity index (χ1) is 10.2. The largest absolute Gasteiger partial charge is 0.375 e. The molecule has 0 radical (unpaired) electrons. The lowest BCUT2D eigenvalue weighted by molar-refractivity contribution is -0.384. The Kier molecular flexibility index (Phi) is 4.07. The predicted molar refractivity (Wildman–Crippen MR) is 78.8 cm³/mol. The third-order valence-electron chi connectivity index (χ3n) is 4.21. The van der Waals surface area contributed by atoms with Gasteiger partial charge in [0.05, 0.1) is 17.6 Å². The number of hydrogen-bond acceptors (Lipinski definition) is 5. The fourth-order valence-electron chi connectivity index (χ4n) is 3.15. The Labute approximate surface area is 123 Å². The zero-order valence-corrected chi connectivity index (χ0v) is 12.2. The molecule has 2 heterocycles. The highest BCUT2D eigenvalue weighted by Gasteiger charge is 2.33. The molecule has 1 aromatic rings. The molecule has 1 aromatic carbocycles. The SMILES string of the molecule is Cc1cccc(N2CCO[C@@H]([C@H]3CCCO3)C2)c1[N+](=O)[O-]. The summed E-state index contributed by atoms with van der Waals surface area (Å²) in [6.07, 6.45) is 2.20. The Morgan fingerprint density at radius 2 is 2.10 bits per heavy atom. The maximum Gasteiger partial charge on any atom is 0.295 e. The summed E-state index contributed by atoms with van der Waals surface area (Å²) in [5.74, 6) is 0. The molecule has 2 aliphatic rings. The zero-order valence-electron chi connectivity index (χ0n) is 12.2. The number of nitro groups is 1. The van der Waals surface area contributed by atoms with E-state index in [1.807, 2.05) is 12.1 Å². The number of aryl methyl sites for hydroxylation is 1. The van der Waals surface area contributed by atoms with E-state index in [9.17, 15) is 10.1 Å². The van der Waals surface area contributed by atoms with Crippen LogP contribution < -0.4 is 4.90 Å². The van der Waals surface area contributed by atoms with E-state index in [4.69, 9.17) is 9.47 Å². The van der Waals surface area contributed by atoms with Gasteiger partial charge in [-0.1, -0.05) is 12.1 Å². The van der Waals surface area contributed by atoms with Crippen LogP contribution >= 0.6 is 0 Å². The van der Waals surface area contributed by atoms with Crippen molar-refractivity contribution < 1.29 is 14.4 Å². The van der Waals surface area contributed by atoms with Crippen molar-refractivity contribution in [3.05, 3.63) is 33.9 Å². The summed E-state index contributed by atoms with van der Waals surface area (Å²) in [6.45, 7) is 4.47. The lowest BCUT2D eigenvalue weighted by Gasteiger charge is -2.36. The molecule has 2 saturated heterocycles. The molecule has 0 amide bonds. The normalized spacial score (nSPS) is 26.0. The summed E-state index contributed by atoms with van der Waals surface area (Å²) >= 11 is 0. The minimum Gasteiger partial charge on any atom is -0.375 e. The first-order valence-electron chi connectivity index (χ1n) is 7.39. The van der Waals surface area contributed by atoms with Gasteiger partial charge in [0.2, 0.25) is 0 Å². The summed E-state index contributed by atoms with van der Waals surface area (Å²) in [4.78, 5) is 13.1. The van der Waals surface area contributed by atoms with Crippen molar-refractivity contribution in [2.75, 3.05) is 31.2 Å². The fourth-order valence-corrected chi connectivity index (χ4v) is 3.15. The second kappa shape index (κ2) is 5.99. The Morgan fingerprint density at radius 1 is 1.29 bits per heavy atom. The third kappa shape index (κ3) is 2.87. The molecule has 0 unspecified atom stereocenters. The number of hydrogen-bond donors (Lipinski definition) is 0. The number of para-hydroxylation sites is 1. The van der Waals surface area contributed by atoms with Gasteiger partial charge in [0.15, 0.2) is 0 Å². The van der Waals surface area contributed by atoms with Crippen molar-refractivity contribution in [1.29, 1.82) is 0 Å². The van der Waals surface area contributed by atoms with Gasteiger partial charge in [-0.25, -0.2) is 0 Å². The van der Waals surface area contributed by atoms with Crippen molar-refractivity contribution in [3.8, 4) is 0 Å². The molecule has 6 heteroatoms. The molecule has 0 aromatic heterocycles. The van der Waals surface area contributed by atoms with Crippen LogP contribution in [0, 0.1) is 17.0 Å². The lowest BCUT2D eigenvalue weighted by Crippen LogP contribution is -2.47. The molecule has 0 aliphatic carbocycles. The highest BCUT2D eigenvalue weighted by atomic mass is 16.6. The van der Waals surface area contributed by atoms with Gasteiger partial charge in [0.1, 0.15) is 11.8 Å². The maximum atomic E-state index is 11.3. The van der Waals surface area contributed by atoms with E-state index < -0.39 is 0 Å². The number of nitrogens with zero attached hydrogens (tertiary/aromatic N) is 2. The minimum atomic E-state index is -0.290. The molecule has 114 valence electrons. The van der Waals surface area contributed by atoms with Gasteiger partial charge in [0, 0.05) is 25.3 Å². The molecule has 0 N–H and O–H groups in total.